The minimum Gasteiger partial charge on any atom is -0.508 e. The zero-order chi connectivity index (χ0) is 16.7. The van der Waals surface area contributed by atoms with E-state index in [1.165, 1.54) is 5.56 Å². The molecule has 120 valence electrons. The highest BCUT2D eigenvalue weighted by atomic mass is 16.3. The van der Waals surface area contributed by atoms with E-state index in [2.05, 4.69) is 6.92 Å². The maximum absolute atomic E-state index is 10.2. The Hall–Kier alpha value is -2.52. The number of phenols is 2. The molecule has 3 nitrogen and oxygen atoms in total. The number of rotatable bonds is 2. The van der Waals surface area contributed by atoms with E-state index < -0.39 is 5.60 Å². The summed E-state index contributed by atoms with van der Waals surface area (Å²) >= 11 is 0. The molecule has 3 heteroatoms. The van der Waals surface area contributed by atoms with Crippen LogP contribution in [0.15, 0.2) is 72.8 Å². The summed E-state index contributed by atoms with van der Waals surface area (Å²) in [5, 5.41) is 28.7. The predicted molar refractivity (Wildman–Crippen MR) is 92.4 cm³/mol. The molecule has 3 N–H and O–H groups in total. The van der Waals surface area contributed by atoms with Gasteiger partial charge in [-0.05, 0) is 36.3 Å². The van der Waals surface area contributed by atoms with Gasteiger partial charge in [0.25, 0.3) is 0 Å². The van der Waals surface area contributed by atoms with E-state index in [-0.39, 0.29) is 5.75 Å². The standard InChI is InChI=1S/C12H12O2.C8H10O/c13-11-7-3-2-6-10(11)12(14)8-4-1-5-9-12;1-2-7-3-5-8(9)6-4-7/h1-8,13-14H,9H2;3-6,9H,2H2,1H3. The van der Waals surface area contributed by atoms with Gasteiger partial charge in [-0.2, -0.15) is 0 Å². The molecule has 2 aromatic rings. The van der Waals surface area contributed by atoms with Crippen molar-refractivity contribution in [2.24, 2.45) is 0 Å². The van der Waals surface area contributed by atoms with E-state index >= 15 is 0 Å². The van der Waals surface area contributed by atoms with E-state index in [9.17, 15) is 10.2 Å². The van der Waals surface area contributed by atoms with Crippen molar-refractivity contribution in [3.8, 4) is 11.5 Å². The van der Waals surface area contributed by atoms with Crippen LogP contribution in [0.4, 0.5) is 0 Å². The van der Waals surface area contributed by atoms with Gasteiger partial charge in [-0.15, -0.1) is 0 Å². The molecule has 0 saturated heterocycles. The van der Waals surface area contributed by atoms with Gasteiger partial charge in [0.1, 0.15) is 17.1 Å². The Morgan fingerprint density at radius 2 is 1.65 bits per heavy atom. The summed E-state index contributed by atoms with van der Waals surface area (Å²) in [6, 6.07) is 14.1. The number of hydrogen-bond donors (Lipinski definition) is 3. The van der Waals surface area contributed by atoms with Crippen molar-refractivity contribution in [2.75, 3.05) is 0 Å². The molecule has 0 saturated carbocycles. The molecule has 23 heavy (non-hydrogen) atoms. The largest absolute Gasteiger partial charge is 0.508 e. The summed E-state index contributed by atoms with van der Waals surface area (Å²) in [6.45, 7) is 2.09. The van der Waals surface area contributed by atoms with Crippen LogP contribution < -0.4 is 0 Å². The second kappa shape index (κ2) is 7.65. The molecule has 3 rings (SSSR count). The van der Waals surface area contributed by atoms with Crippen molar-refractivity contribution in [3.05, 3.63) is 84.0 Å². The Labute approximate surface area is 136 Å². The molecular weight excluding hydrogens is 288 g/mol. The zero-order valence-electron chi connectivity index (χ0n) is 13.2. The fraction of sp³-hybridized carbons (Fsp3) is 0.200. The monoisotopic (exact) mass is 310 g/mol. The van der Waals surface area contributed by atoms with Crippen LogP contribution in [0.3, 0.4) is 0 Å². The molecule has 0 aliphatic heterocycles. The average molecular weight is 310 g/mol. The van der Waals surface area contributed by atoms with Crippen LogP contribution in [0.2, 0.25) is 0 Å². The van der Waals surface area contributed by atoms with Crippen LogP contribution in [0.5, 0.6) is 11.5 Å². The molecule has 1 aliphatic rings. The van der Waals surface area contributed by atoms with Crippen molar-refractivity contribution >= 4 is 0 Å². The molecule has 1 atom stereocenters. The molecule has 0 spiro atoms. The van der Waals surface area contributed by atoms with E-state index in [0.717, 1.165) is 6.42 Å². The van der Waals surface area contributed by atoms with E-state index in [1.807, 2.05) is 24.3 Å². The first-order valence-corrected chi connectivity index (χ1v) is 7.68. The highest BCUT2D eigenvalue weighted by molar-refractivity contribution is 5.41. The maximum Gasteiger partial charge on any atom is 0.122 e. The number of aromatic hydroxyl groups is 2. The van der Waals surface area contributed by atoms with Gasteiger partial charge >= 0.3 is 0 Å². The lowest BCUT2D eigenvalue weighted by atomic mass is 9.87. The van der Waals surface area contributed by atoms with Crippen molar-refractivity contribution in [3.63, 3.8) is 0 Å². The predicted octanol–water partition coefficient (Wildman–Crippen LogP) is 4.05. The number of phenolic OH excluding ortho intramolecular Hbond substituents is 2. The minimum atomic E-state index is -1.06. The van der Waals surface area contributed by atoms with Gasteiger partial charge in [0.2, 0.25) is 0 Å². The third-order valence-corrected chi connectivity index (χ3v) is 3.76. The first kappa shape index (κ1) is 16.8. The summed E-state index contributed by atoms with van der Waals surface area (Å²) < 4.78 is 0. The molecule has 1 unspecified atom stereocenters. The number of hydrogen-bond acceptors (Lipinski definition) is 3. The van der Waals surface area contributed by atoms with Gasteiger partial charge in [-0.25, -0.2) is 0 Å². The van der Waals surface area contributed by atoms with Gasteiger partial charge in [0, 0.05) is 12.0 Å². The average Bonchev–Trinajstić information content (AvgIpc) is 2.57. The Balaban J connectivity index is 0.000000185. The van der Waals surface area contributed by atoms with Crippen LogP contribution in [-0.4, -0.2) is 15.3 Å². The summed E-state index contributed by atoms with van der Waals surface area (Å²) in [5.41, 5.74) is 0.758. The smallest absolute Gasteiger partial charge is 0.122 e. The Morgan fingerprint density at radius 3 is 2.22 bits per heavy atom. The first-order chi connectivity index (χ1) is 11.0. The Bertz CT molecular complexity index is 686. The molecule has 1 aliphatic carbocycles. The summed E-state index contributed by atoms with van der Waals surface area (Å²) in [5.74, 6) is 0.474. The van der Waals surface area contributed by atoms with Crippen LogP contribution in [0.1, 0.15) is 24.5 Å². The number of allylic oxidation sites excluding steroid dienone is 2. The quantitative estimate of drug-likeness (QED) is 0.784. The third-order valence-electron chi connectivity index (χ3n) is 3.76. The first-order valence-electron chi connectivity index (χ1n) is 7.68. The highest BCUT2D eigenvalue weighted by Gasteiger charge is 2.28. The van der Waals surface area contributed by atoms with Gasteiger partial charge in [-0.3, -0.25) is 0 Å². The van der Waals surface area contributed by atoms with Crippen LogP contribution in [0, 0.1) is 0 Å². The normalized spacial score (nSPS) is 19.0. The SMILES string of the molecule is CCc1ccc(O)cc1.Oc1ccccc1C1(O)C=CC=CC1. The fourth-order valence-corrected chi connectivity index (χ4v) is 2.38. The second-order valence-corrected chi connectivity index (χ2v) is 5.45. The molecule has 0 radical (unpaired) electrons. The van der Waals surface area contributed by atoms with Crippen LogP contribution >= 0.6 is 0 Å². The molecule has 2 aromatic carbocycles. The van der Waals surface area contributed by atoms with Gasteiger partial charge in [0.15, 0.2) is 0 Å². The van der Waals surface area contributed by atoms with Crippen LogP contribution in [0.25, 0.3) is 0 Å². The number of para-hydroxylation sites is 1. The lowest BCUT2D eigenvalue weighted by molar-refractivity contribution is 0.0887. The summed E-state index contributed by atoms with van der Waals surface area (Å²) in [7, 11) is 0. The van der Waals surface area contributed by atoms with Gasteiger partial charge in [0.05, 0.1) is 0 Å². The molecule has 0 fully saturated rings. The lowest BCUT2D eigenvalue weighted by Gasteiger charge is -2.26. The highest BCUT2D eigenvalue weighted by Crippen LogP contribution is 2.34. The Morgan fingerprint density at radius 1 is 0.957 bits per heavy atom. The van der Waals surface area contributed by atoms with Gasteiger partial charge < -0.3 is 15.3 Å². The van der Waals surface area contributed by atoms with Crippen molar-refractivity contribution < 1.29 is 15.3 Å². The van der Waals surface area contributed by atoms with E-state index in [1.54, 1.807) is 48.6 Å². The van der Waals surface area contributed by atoms with Crippen LogP contribution in [-0.2, 0) is 12.0 Å². The number of benzene rings is 2. The van der Waals surface area contributed by atoms with Crippen molar-refractivity contribution in [1.82, 2.24) is 0 Å². The molecule has 0 bridgehead atoms. The number of aryl methyl sites for hydroxylation is 1. The molecule has 0 amide bonds. The summed E-state index contributed by atoms with van der Waals surface area (Å²) in [4.78, 5) is 0. The van der Waals surface area contributed by atoms with E-state index in [4.69, 9.17) is 5.11 Å². The Kier molecular flexibility index (Phi) is 5.61. The van der Waals surface area contributed by atoms with Crippen molar-refractivity contribution in [1.29, 1.82) is 0 Å². The zero-order valence-corrected chi connectivity index (χ0v) is 13.2. The topological polar surface area (TPSA) is 60.7 Å². The van der Waals surface area contributed by atoms with E-state index in [0.29, 0.717) is 17.7 Å². The number of aliphatic hydroxyl groups is 1. The third kappa shape index (κ3) is 4.47. The minimum absolute atomic E-state index is 0.134. The van der Waals surface area contributed by atoms with Gasteiger partial charge in [-0.1, -0.05) is 55.5 Å². The maximum atomic E-state index is 10.2. The fourth-order valence-electron chi connectivity index (χ4n) is 2.38. The second-order valence-electron chi connectivity index (χ2n) is 5.45. The molecule has 0 heterocycles. The molecular formula is C20H22O3. The molecule has 0 aromatic heterocycles. The van der Waals surface area contributed by atoms with Crippen molar-refractivity contribution in [2.45, 2.75) is 25.4 Å². The lowest BCUT2D eigenvalue weighted by Crippen LogP contribution is -2.23. The summed E-state index contributed by atoms with van der Waals surface area (Å²) in [6.07, 6.45) is 8.78.